The number of nitrogens with zero attached hydrogens (tertiary/aromatic N) is 4. The molecule has 2 saturated heterocycles. The van der Waals surface area contributed by atoms with E-state index in [1.807, 2.05) is 57.0 Å². The number of Topliss-reactive ketones (excluding diaryl/α,β-unsaturated/α-hetero) is 1. The number of imidazole rings is 1. The fraction of sp³-hybridized carbons (Fsp3) is 0.520. The fourth-order valence-electron chi connectivity index (χ4n) is 4.68. The number of carbonyl (C=O) groups is 3. The van der Waals surface area contributed by atoms with Gasteiger partial charge >= 0.3 is 6.09 Å². The molecular weight excluding hydrogens is 466 g/mol. The molecule has 1 unspecified atom stereocenters. The highest BCUT2D eigenvalue weighted by atomic mass is 32.2. The minimum Gasteiger partial charge on any atom is -0.444 e. The van der Waals surface area contributed by atoms with Gasteiger partial charge < -0.3 is 19.5 Å². The lowest BCUT2D eigenvalue weighted by Crippen LogP contribution is -2.58. The van der Waals surface area contributed by atoms with Crippen molar-refractivity contribution in [1.82, 2.24) is 24.1 Å². The van der Waals surface area contributed by atoms with Gasteiger partial charge in [-0.3, -0.25) is 9.59 Å². The quantitative estimate of drug-likeness (QED) is 0.494. The van der Waals surface area contributed by atoms with E-state index in [0.29, 0.717) is 37.9 Å². The van der Waals surface area contributed by atoms with E-state index >= 15 is 0 Å². The molecule has 2 aliphatic heterocycles. The predicted octanol–water partition coefficient (Wildman–Crippen LogP) is 3.73. The molecule has 10 heteroatoms. The van der Waals surface area contributed by atoms with Crippen LogP contribution in [0, 0.1) is 0 Å². The smallest absolute Gasteiger partial charge is 0.410 e. The number of hydrogen-bond donors (Lipinski definition) is 1. The van der Waals surface area contributed by atoms with Crippen molar-refractivity contribution in [1.29, 1.82) is 0 Å². The SMILES string of the molecule is CC(=O)c1ccc(SN2C(Cc3cnc[nH]3)C(=O)N(C)C23CCN(C(=O)OC(C)(C)C)CC3)cc1. The Kier molecular flexibility index (Phi) is 6.97. The molecule has 2 aromatic rings. The summed E-state index contributed by atoms with van der Waals surface area (Å²) < 4.78 is 7.76. The molecule has 188 valence electrons. The molecule has 1 spiro atoms. The minimum absolute atomic E-state index is 0.0146. The maximum atomic E-state index is 13.5. The number of benzene rings is 1. The van der Waals surface area contributed by atoms with E-state index < -0.39 is 17.3 Å². The first kappa shape index (κ1) is 25.2. The van der Waals surface area contributed by atoms with Crippen LogP contribution in [-0.2, 0) is 16.0 Å². The van der Waals surface area contributed by atoms with Crippen molar-refractivity contribution in [2.75, 3.05) is 20.1 Å². The fourth-order valence-corrected chi connectivity index (χ4v) is 5.94. The highest BCUT2D eigenvalue weighted by Crippen LogP contribution is 2.46. The maximum absolute atomic E-state index is 13.5. The molecule has 1 N–H and O–H groups in total. The number of likely N-dealkylation sites (tertiary alicyclic amines) is 1. The first-order valence-electron chi connectivity index (χ1n) is 11.8. The lowest BCUT2D eigenvalue weighted by Gasteiger charge is -2.47. The Balaban J connectivity index is 1.60. The summed E-state index contributed by atoms with van der Waals surface area (Å²) in [5.41, 5.74) is 0.426. The molecule has 0 radical (unpaired) electrons. The zero-order chi connectivity index (χ0) is 25.4. The molecular formula is C25H33N5O4S. The Morgan fingerprint density at radius 2 is 1.86 bits per heavy atom. The van der Waals surface area contributed by atoms with Crippen LogP contribution in [0.3, 0.4) is 0 Å². The second-order valence-corrected chi connectivity index (χ2v) is 11.2. The van der Waals surface area contributed by atoms with E-state index in [1.165, 1.54) is 11.9 Å². The van der Waals surface area contributed by atoms with Crippen LogP contribution in [0.5, 0.6) is 0 Å². The van der Waals surface area contributed by atoms with Gasteiger partial charge in [0, 0.05) is 61.7 Å². The number of H-pyrrole nitrogens is 1. The molecule has 0 saturated carbocycles. The van der Waals surface area contributed by atoms with Crippen LogP contribution in [0.4, 0.5) is 4.79 Å². The summed E-state index contributed by atoms with van der Waals surface area (Å²) in [6.45, 7) is 8.10. The molecule has 1 atom stereocenters. The summed E-state index contributed by atoms with van der Waals surface area (Å²) in [6, 6.07) is 7.06. The van der Waals surface area contributed by atoms with Crippen molar-refractivity contribution in [2.24, 2.45) is 0 Å². The third-order valence-electron chi connectivity index (χ3n) is 6.58. The van der Waals surface area contributed by atoms with Crippen molar-refractivity contribution in [3.05, 3.63) is 48.0 Å². The van der Waals surface area contributed by atoms with Crippen molar-refractivity contribution in [2.45, 2.75) is 69.2 Å². The normalized spacial score (nSPS) is 20.5. The number of ether oxygens (including phenoxy) is 1. The van der Waals surface area contributed by atoms with Crippen LogP contribution in [0.1, 0.15) is 56.6 Å². The molecule has 1 aromatic carbocycles. The van der Waals surface area contributed by atoms with Gasteiger partial charge in [-0.2, -0.15) is 0 Å². The molecule has 2 aliphatic rings. The average Bonchev–Trinajstić information content (AvgIpc) is 3.38. The first-order chi connectivity index (χ1) is 16.5. The van der Waals surface area contributed by atoms with Crippen molar-refractivity contribution in [3.63, 3.8) is 0 Å². The standard InChI is InChI=1S/C25H33N5O4S/c1-17(31)18-6-8-20(9-7-18)35-30-21(14-19-15-26-16-27-19)22(32)28(5)25(30)10-12-29(13-11-25)23(33)34-24(2,3)4/h6-9,15-16,21H,10-14H2,1-5H3,(H,26,27). The van der Waals surface area contributed by atoms with Crippen LogP contribution in [0.15, 0.2) is 41.7 Å². The zero-order valence-electron chi connectivity index (χ0n) is 20.9. The number of rotatable bonds is 5. The summed E-state index contributed by atoms with van der Waals surface area (Å²) in [5, 5.41) is 0. The van der Waals surface area contributed by atoms with E-state index in [1.54, 1.807) is 24.3 Å². The number of likely N-dealkylation sites (N-methyl/N-ethyl adjacent to an activating group) is 1. The van der Waals surface area contributed by atoms with Crippen LogP contribution in [0.2, 0.25) is 0 Å². The largest absolute Gasteiger partial charge is 0.444 e. The van der Waals surface area contributed by atoms with Crippen LogP contribution in [0.25, 0.3) is 0 Å². The average molecular weight is 500 g/mol. The van der Waals surface area contributed by atoms with Crippen molar-refractivity contribution >= 4 is 29.7 Å². The molecule has 9 nitrogen and oxygen atoms in total. The molecule has 4 rings (SSSR count). The maximum Gasteiger partial charge on any atom is 0.410 e. The van der Waals surface area contributed by atoms with E-state index in [-0.39, 0.29) is 17.8 Å². The molecule has 2 amide bonds. The van der Waals surface area contributed by atoms with E-state index in [0.717, 1.165) is 10.6 Å². The van der Waals surface area contributed by atoms with Gasteiger partial charge in [-0.1, -0.05) is 12.1 Å². The molecule has 0 aliphatic carbocycles. The number of ketones is 1. The highest BCUT2D eigenvalue weighted by Gasteiger charge is 2.57. The number of amides is 2. The second-order valence-electron chi connectivity index (χ2n) is 10.1. The number of aromatic amines is 1. The van der Waals surface area contributed by atoms with Crippen LogP contribution >= 0.6 is 11.9 Å². The predicted molar refractivity (Wildman–Crippen MR) is 133 cm³/mol. The Hall–Kier alpha value is -2.85. The first-order valence-corrected chi connectivity index (χ1v) is 12.6. The van der Waals surface area contributed by atoms with Gasteiger partial charge in [0.15, 0.2) is 5.78 Å². The monoisotopic (exact) mass is 499 g/mol. The van der Waals surface area contributed by atoms with E-state index in [9.17, 15) is 14.4 Å². The van der Waals surface area contributed by atoms with E-state index in [4.69, 9.17) is 4.74 Å². The molecule has 1 aromatic heterocycles. The van der Waals surface area contributed by atoms with Crippen LogP contribution < -0.4 is 0 Å². The Bertz CT molecular complexity index is 1070. The summed E-state index contributed by atoms with van der Waals surface area (Å²) in [4.78, 5) is 49.7. The number of piperidine rings is 1. The lowest BCUT2D eigenvalue weighted by atomic mass is 9.96. The second kappa shape index (κ2) is 9.66. The summed E-state index contributed by atoms with van der Waals surface area (Å²) in [6.07, 6.45) is 4.74. The molecule has 3 heterocycles. The van der Waals surface area contributed by atoms with E-state index in [2.05, 4.69) is 14.3 Å². The van der Waals surface area contributed by atoms with Gasteiger partial charge in [0.1, 0.15) is 17.3 Å². The molecule has 2 fully saturated rings. The number of carbonyl (C=O) groups excluding carboxylic acids is 3. The van der Waals surface area contributed by atoms with Crippen LogP contribution in [-0.4, -0.2) is 79.3 Å². The summed E-state index contributed by atoms with van der Waals surface area (Å²) >= 11 is 1.52. The molecule has 0 bridgehead atoms. The Labute approximate surface area is 210 Å². The lowest BCUT2D eigenvalue weighted by molar-refractivity contribution is -0.131. The topological polar surface area (TPSA) is 98.8 Å². The Morgan fingerprint density at radius 1 is 1.20 bits per heavy atom. The third kappa shape index (κ3) is 5.23. The number of aromatic nitrogens is 2. The van der Waals surface area contributed by atoms with Gasteiger partial charge in [-0.05, 0) is 51.8 Å². The number of nitrogens with one attached hydrogen (secondary N) is 1. The third-order valence-corrected chi connectivity index (χ3v) is 7.86. The highest BCUT2D eigenvalue weighted by molar-refractivity contribution is 7.97. The van der Waals surface area contributed by atoms with Gasteiger partial charge in [-0.25, -0.2) is 14.1 Å². The van der Waals surface area contributed by atoms with Gasteiger partial charge in [0.2, 0.25) is 5.91 Å². The zero-order valence-corrected chi connectivity index (χ0v) is 21.7. The number of hydrogen-bond acceptors (Lipinski definition) is 7. The van der Waals surface area contributed by atoms with Gasteiger partial charge in [0.05, 0.1) is 6.33 Å². The summed E-state index contributed by atoms with van der Waals surface area (Å²) in [7, 11) is 1.85. The van der Waals surface area contributed by atoms with Gasteiger partial charge in [-0.15, -0.1) is 0 Å². The Morgan fingerprint density at radius 3 is 2.40 bits per heavy atom. The van der Waals surface area contributed by atoms with Crippen molar-refractivity contribution < 1.29 is 19.1 Å². The van der Waals surface area contributed by atoms with Gasteiger partial charge in [0.25, 0.3) is 0 Å². The summed E-state index contributed by atoms with van der Waals surface area (Å²) in [5.74, 6) is 0.0546. The van der Waals surface area contributed by atoms with Crippen molar-refractivity contribution in [3.8, 4) is 0 Å². The minimum atomic E-state index is -0.560. The molecule has 35 heavy (non-hydrogen) atoms.